The van der Waals surface area contributed by atoms with E-state index in [2.05, 4.69) is 164 Å². The van der Waals surface area contributed by atoms with E-state index in [1.165, 1.54) is 11.1 Å². The van der Waals surface area contributed by atoms with E-state index < -0.39 is 18.1 Å². The van der Waals surface area contributed by atoms with E-state index in [9.17, 15) is 10.2 Å². The first-order valence-corrected chi connectivity index (χ1v) is 25.6. The van der Waals surface area contributed by atoms with Crippen LogP contribution in [0.5, 0.6) is 11.5 Å². The molecule has 0 spiro atoms. The van der Waals surface area contributed by atoms with Gasteiger partial charge < -0.3 is 15.3 Å². The zero-order valence-electron chi connectivity index (χ0n) is 42.3. The molecule has 0 unspecified atom stereocenters. The van der Waals surface area contributed by atoms with Crippen LogP contribution in [-0.4, -0.2) is 33.7 Å². The quantitative estimate of drug-likeness (QED) is 0.0682. The number of aliphatic imine (C=N–C) groups is 2. The smallest absolute Gasteiger partial charge is 0.300 e. The summed E-state index contributed by atoms with van der Waals surface area (Å²) in [5.41, 5.74) is 13.5. The average Bonchev–Trinajstić information content (AvgIpc) is 3.57. The normalized spacial score (nSPS) is 12.7. The first-order valence-electron chi connectivity index (χ1n) is 25.6. The molecule has 375 valence electrons. The molecule has 7 heteroatoms. The molecule has 0 aliphatic heterocycles. The number of phenols is 2. The van der Waals surface area contributed by atoms with Gasteiger partial charge in [-0.1, -0.05) is 231 Å². The van der Waals surface area contributed by atoms with Gasteiger partial charge in [0.2, 0.25) is 0 Å². The van der Waals surface area contributed by atoms with Gasteiger partial charge in [-0.25, -0.2) is 0 Å². The standard InChI is InChI=1S/C68H50N2O2.C2H4O2.Mn/c71-67-53(41-51-31-15-19-35-57(51)63(67)61-55-33-17-13-25-47(55)37-39-59(61)45-21-5-1-6-22-45)43-69-65(49-27-9-3-10-28-49)66(50-29-11-4-12-30-50)70-44-54-42-52-32-16-20-36-58(52)64(68(54)72)62-56-34-18-14-26-48(56)38-40-60(62)46-23-7-2-8-24-46;1-2(3)4;/h1-25,27-33,35-44,65-66,71-72H,26,34H2;1H3,(H,3,4);/t65-,66-;;/m0../s1. The molecule has 0 saturated heterocycles. The SMILES string of the molecule is CC(=O)O.Oc1c(C=N[C@@H](c2ccccc2)[C@@H](N=Cc2cc3ccccc3c(-c3c(-c4ccccc4)ccc4ccccc34)c2O)c2ccccc2)cc2ccccc2c1-c1c(-c2ccccc2)ccc2c1CC=CC2.[Mn]. The van der Waals surface area contributed by atoms with Gasteiger partial charge in [0.25, 0.3) is 5.97 Å². The zero-order chi connectivity index (χ0) is 52.0. The molecule has 0 saturated carbocycles. The number of benzene rings is 11. The third-order valence-corrected chi connectivity index (χ3v) is 14.3. The number of carbonyl (C=O) groups is 1. The number of aromatic hydroxyl groups is 2. The molecule has 0 fully saturated rings. The topological polar surface area (TPSA) is 102 Å². The molecule has 3 N–H and O–H groups in total. The summed E-state index contributed by atoms with van der Waals surface area (Å²) in [7, 11) is 0. The van der Waals surface area contributed by atoms with Crippen molar-refractivity contribution in [1.29, 1.82) is 0 Å². The molecule has 1 aliphatic carbocycles. The third kappa shape index (κ3) is 10.6. The van der Waals surface area contributed by atoms with Gasteiger partial charge in [-0.2, -0.15) is 0 Å². The Morgan fingerprint density at radius 2 is 0.818 bits per heavy atom. The number of nitrogens with zero attached hydrogens (tertiary/aromatic N) is 2. The van der Waals surface area contributed by atoms with Gasteiger partial charge in [0, 0.05) is 64.2 Å². The Kier molecular flexibility index (Phi) is 15.5. The largest absolute Gasteiger partial charge is 0.507 e. The van der Waals surface area contributed by atoms with Gasteiger partial charge in [-0.05, 0) is 107 Å². The van der Waals surface area contributed by atoms with Gasteiger partial charge in [0.05, 0.1) is 0 Å². The molecule has 77 heavy (non-hydrogen) atoms. The zero-order valence-corrected chi connectivity index (χ0v) is 43.5. The van der Waals surface area contributed by atoms with Crippen LogP contribution in [0.1, 0.15) is 52.4 Å². The van der Waals surface area contributed by atoms with E-state index in [4.69, 9.17) is 19.9 Å². The third-order valence-electron chi connectivity index (χ3n) is 14.3. The van der Waals surface area contributed by atoms with Crippen LogP contribution in [-0.2, 0) is 34.7 Å². The van der Waals surface area contributed by atoms with Crippen molar-refractivity contribution in [1.82, 2.24) is 0 Å². The van der Waals surface area contributed by atoms with E-state index in [0.29, 0.717) is 11.1 Å². The summed E-state index contributed by atoms with van der Waals surface area (Å²) in [6, 6.07) is 78.1. The Bertz CT molecular complexity index is 4000. The van der Waals surface area contributed by atoms with Gasteiger partial charge in [-0.15, -0.1) is 0 Å². The van der Waals surface area contributed by atoms with Crippen molar-refractivity contribution in [2.75, 3.05) is 0 Å². The number of aliphatic carboxylic acids is 1. The summed E-state index contributed by atoms with van der Waals surface area (Å²) >= 11 is 0. The summed E-state index contributed by atoms with van der Waals surface area (Å²) in [6.07, 6.45) is 9.75. The van der Waals surface area contributed by atoms with E-state index in [1.807, 2.05) is 91.3 Å². The number of carboxylic acid groups (broad SMARTS) is 1. The maximum Gasteiger partial charge on any atom is 0.300 e. The predicted octanol–water partition coefficient (Wildman–Crippen LogP) is 17.0. The summed E-state index contributed by atoms with van der Waals surface area (Å²) in [5.74, 6) is -0.499. The Morgan fingerprint density at radius 3 is 1.31 bits per heavy atom. The van der Waals surface area contributed by atoms with E-state index in [0.717, 1.165) is 108 Å². The fraction of sp³-hybridized carbons (Fsp3) is 0.0714. The summed E-state index contributed by atoms with van der Waals surface area (Å²) in [5, 5.41) is 39.1. The molecule has 11 aromatic carbocycles. The predicted molar refractivity (Wildman–Crippen MR) is 314 cm³/mol. The number of allylic oxidation sites excluding steroid dienone is 2. The summed E-state index contributed by atoms with van der Waals surface area (Å²) in [6.45, 7) is 1.08. The van der Waals surface area contributed by atoms with Crippen molar-refractivity contribution in [2.24, 2.45) is 9.98 Å². The second kappa shape index (κ2) is 23.2. The van der Waals surface area contributed by atoms with Crippen LogP contribution in [0.4, 0.5) is 0 Å². The van der Waals surface area contributed by atoms with Gasteiger partial charge in [-0.3, -0.25) is 14.8 Å². The number of rotatable bonds is 11. The molecule has 2 atom stereocenters. The fourth-order valence-corrected chi connectivity index (χ4v) is 10.8. The minimum Gasteiger partial charge on any atom is -0.507 e. The number of hydrogen-bond acceptors (Lipinski definition) is 5. The van der Waals surface area contributed by atoms with Gasteiger partial charge in [0.15, 0.2) is 0 Å². The Labute approximate surface area is 459 Å². The van der Waals surface area contributed by atoms with Crippen LogP contribution in [0.15, 0.2) is 253 Å². The number of fused-ring (bicyclic) bond motifs is 4. The molecule has 11 aromatic rings. The maximum atomic E-state index is 12.8. The van der Waals surface area contributed by atoms with E-state index >= 15 is 0 Å². The Morgan fingerprint density at radius 1 is 0.442 bits per heavy atom. The van der Waals surface area contributed by atoms with E-state index in [1.54, 1.807) is 0 Å². The van der Waals surface area contributed by atoms with Crippen molar-refractivity contribution in [3.63, 3.8) is 0 Å². The minimum absolute atomic E-state index is 0. The molecule has 1 radical (unpaired) electrons. The van der Waals surface area contributed by atoms with Crippen molar-refractivity contribution in [2.45, 2.75) is 31.8 Å². The monoisotopic (exact) mass is 1040 g/mol. The van der Waals surface area contributed by atoms with Crippen LogP contribution in [0.2, 0.25) is 0 Å². The molecule has 0 bridgehead atoms. The minimum atomic E-state index is -0.833. The fourth-order valence-electron chi connectivity index (χ4n) is 10.8. The van der Waals surface area contributed by atoms with Gasteiger partial charge in [0.1, 0.15) is 23.6 Å². The average molecular weight is 1040 g/mol. The van der Waals surface area contributed by atoms with E-state index in [-0.39, 0.29) is 28.6 Å². The first kappa shape index (κ1) is 51.4. The van der Waals surface area contributed by atoms with Crippen molar-refractivity contribution < 1.29 is 37.2 Å². The molecule has 12 rings (SSSR count). The molecular weight excluding hydrogens is 988 g/mol. The second-order valence-corrected chi connectivity index (χ2v) is 19.1. The summed E-state index contributed by atoms with van der Waals surface area (Å²) in [4.78, 5) is 19.9. The Hall–Kier alpha value is -9.13. The van der Waals surface area contributed by atoms with Crippen molar-refractivity contribution >= 4 is 50.7 Å². The van der Waals surface area contributed by atoms with Crippen LogP contribution >= 0.6 is 0 Å². The van der Waals surface area contributed by atoms with Crippen LogP contribution in [0, 0.1) is 0 Å². The number of hydrogen-bond donors (Lipinski definition) is 3. The number of carboxylic acids is 1. The molecular formula is C70H54MnN2O4. The van der Waals surface area contributed by atoms with Crippen molar-refractivity contribution in [3.8, 4) is 56.0 Å². The molecule has 0 aromatic heterocycles. The molecule has 6 nitrogen and oxygen atoms in total. The second-order valence-electron chi connectivity index (χ2n) is 19.1. The van der Waals surface area contributed by atoms with Crippen molar-refractivity contribution in [3.05, 3.63) is 276 Å². The maximum absolute atomic E-state index is 12.8. The van der Waals surface area contributed by atoms with Gasteiger partial charge >= 0.3 is 0 Å². The van der Waals surface area contributed by atoms with Crippen LogP contribution in [0.3, 0.4) is 0 Å². The molecule has 0 amide bonds. The molecule has 0 heterocycles. The van der Waals surface area contributed by atoms with Crippen LogP contribution in [0.25, 0.3) is 76.8 Å². The number of phenolic OH excluding ortho intramolecular Hbond substituents is 2. The molecule has 1 aliphatic rings. The first-order chi connectivity index (χ1) is 37.3. The summed E-state index contributed by atoms with van der Waals surface area (Å²) < 4.78 is 0. The van der Waals surface area contributed by atoms with Crippen LogP contribution < -0.4 is 0 Å². The Balaban J connectivity index is 0.00000130.